The SMILES string of the molecule is COc1ccc([C@H]2C[C@H](C(F)(F)F)n3nc(C(=O)NCc4c(C)nn(C)c4C)c(Cl)c3N2)cc1OC. The van der Waals surface area contributed by atoms with Crippen molar-refractivity contribution in [3.8, 4) is 11.5 Å². The van der Waals surface area contributed by atoms with Crippen LogP contribution >= 0.6 is 11.6 Å². The van der Waals surface area contributed by atoms with Crippen molar-refractivity contribution >= 4 is 23.3 Å². The van der Waals surface area contributed by atoms with Gasteiger partial charge in [0.15, 0.2) is 23.2 Å². The van der Waals surface area contributed by atoms with Crippen LogP contribution in [0.15, 0.2) is 18.2 Å². The molecule has 0 unspecified atom stereocenters. The molecule has 0 fully saturated rings. The van der Waals surface area contributed by atoms with Gasteiger partial charge in [-0.15, -0.1) is 0 Å². The standard InChI is InChI=1S/C23H26ClF3N6O3/c1-11-14(12(2)32(3)30-11)10-28-22(34)20-19(24)21-29-15(9-18(23(25,26)27)33(21)31-20)13-6-7-16(35-4)17(8-13)36-5/h6-8,15,18,29H,9-10H2,1-5H3,(H,28,34)/t15-,18-/m1/s1. The number of nitrogens with one attached hydrogen (secondary N) is 2. The number of aryl methyl sites for hydroxylation is 2. The zero-order valence-electron chi connectivity index (χ0n) is 20.3. The molecule has 3 heterocycles. The summed E-state index contributed by atoms with van der Waals surface area (Å²) in [6, 6.07) is 2.12. The number of amides is 1. The van der Waals surface area contributed by atoms with Crippen molar-refractivity contribution in [2.24, 2.45) is 7.05 Å². The molecule has 0 saturated carbocycles. The fourth-order valence-corrected chi connectivity index (χ4v) is 4.61. The first kappa shape index (κ1) is 25.7. The number of benzene rings is 1. The minimum absolute atomic E-state index is 0.0797. The Hall–Kier alpha value is -3.41. The summed E-state index contributed by atoms with van der Waals surface area (Å²) in [4.78, 5) is 12.9. The number of anilines is 1. The van der Waals surface area contributed by atoms with Crippen molar-refractivity contribution in [3.05, 3.63) is 51.4 Å². The van der Waals surface area contributed by atoms with E-state index >= 15 is 0 Å². The molecular weight excluding hydrogens is 501 g/mol. The molecule has 0 spiro atoms. The number of methoxy groups -OCH3 is 2. The molecule has 13 heteroatoms. The zero-order valence-corrected chi connectivity index (χ0v) is 21.1. The molecular formula is C23H26ClF3N6O3. The zero-order chi connectivity index (χ0) is 26.4. The van der Waals surface area contributed by atoms with Gasteiger partial charge < -0.3 is 20.1 Å². The predicted octanol–water partition coefficient (Wildman–Crippen LogP) is 4.49. The highest BCUT2D eigenvalue weighted by atomic mass is 35.5. The molecule has 0 saturated heterocycles. The number of hydrogen-bond acceptors (Lipinski definition) is 6. The quantitative estimate of drug-likeness (QED) is 0.491. The molecule has 194 valence electrons. The average molecular weight is 527 g/mol. The van der Waals surface area contributed by atoms with Crippen molar-refractivity contribution in [1.82, 2.24) is 24.9 Å². The van der Waals surface area contributed by atoms with Crippen LogP contribution in [0.2, 0.25) is 5.02 Å². The number of halogens is 4. The Morgan fingerprint density at radius 3 is 2.50 bits per heavy atom. The summed E-state index contributed by atoms with van der Waals surface area (Å²) in [5, 5.41) is 13.8. The molecule has 3 aromatic rings. The number of hydrogen-bond donors (Lipinski definition) is 2. The highest BCUT2D eigenvalue weighted by molar-refractivity contribution is 6.36. The van der Waals surface area contributed by atoms with Crippen LogP contribution in [0.5, 0.6) is 11.5 Å². The molecule has 0 bridgehead atoms. The first-order valence-corrected chi connectivity index (χ1v) is 11.4. The Morgan fingerprint density at radius 1 is 1.22 bits per heavy atom. The van der Waals surface area contributed by atoms with Gasteiger partial charge in [-0.2, -0.15) is 23.4 Å². The fraction of sp³-hybridized carbons (Fsp3) is 0.435. The number of carbonyl (C=O) groups excluding carboxylic acids is 1. The maximum atomic E-state index is 14.1. The van der Waals surface area contributed by atoms with E-state index in [2.05, 4.69) is 20.8 Å². The summed E-state index contributed by atoms with van der Waals surface area (Å²) in [7, 11) is 4.70. The molecule has 1 aliphatic rings. The lowest BCUT2D eigenvalue weighted by Gasteiger charge is -2.33. The lowest BCUT2D eigenvalue weighted by atomic mass is 9.96. The van der Waals surface area contributed by atoms with Gasteiger partial charge in [-0.25, -0.2) is 4.68 Å². The van der Waals surface area contributed by atoms with Crippen LogP contribution in [0, 0.1) is 13.8 Å². The molecule has 1 aromatic carbocycles. The Kier molecular flexibility index (Phi) is 6.82. The van der Waals surface area contributed by atoms with E-state index in [1.165, 1.54) is 14.2 Å². The van der Waals surface area contributed by atoms with Crippen LogP contribution in [0.25, 0.3) is 0 Å². The van der Waals surface area contributed by atoms with Crippen molar-refractivity contribution in [2.45, 2.75) is 45.1 Å². The molecule has 1 aliphatic heterocycles. The monoisotopic (exact) mass is 526 g/mol. The molecule has 1 amide bonds. The lowest BCUT2D eigenvalue weighted by molar-refractivity contribution is -0.173. The minimum atomic E-state index is -4.63. The molecule has 0 radical (unpaired) electrons. The topological polar surface area (TPSA) is 95.2 Å². The second kappa shape index (κ2) is 9.57. The van der Waals surface area contributed by atoms with E-state index in [0.29, 0.717) is 17.1 Å². The number of ether oxygens (including phenoxy) is 2. The molecule has 2 atom stereocenters. The third kappa shape index (κ3) is 4.57. The van der Waals surface area contributed by atoms with Crippen LogP contribution < -0.4 is 20.1 Å². The first-order valence-electron chi connectivity index (χ1n) is 11.1. The number of rotatable bonds is 6. The first-order chi connectivity index (χ1) is 17.0. The average Bonchev–Trinajstić information content (AvgIpc) is 3.30. The molecule has 36 heavy (non-hydrogen) atoms. The van der Waals surface area contributed by atoms with Crippen LogP contribution in [0.3, 0.4) is 0 Å². The van der Waals surface area contributed by atoms with E-state index in [1.807, 2.05) is 13.8 Å². The Labute approximate surface area is 210 Å². The second-order valence-corrected chi connectivity index (χ2v) is 8.89. The Bertz CT molecular complexity index is 1300. The molecule has 4 rings (SSSR count). The summed E-state index contributed by atoms with van der Waals surface area (Å²) in [5.41, 5.74) is 2.66. The summed E-state index contributed by atoms with van der Waals surface area (Å²) in [6.45, 7) is 3.80. The largest absolute Gasteiger partial charge is 0.493 e. The van der Waals surface area contributed by atoms with E-state index in [1.54, 1.807) is 29.9 Å². The van der Waals surface area contributed by atoms with Gasteiger partial charge in [-0.1, -0.05) is 17.7 Å². The van der Waals surface area contributed by atoms with Gasteiger partial charge in [0.2, 0.25) is 0 Å². The maximum absolute atomic E-state index is 14.1. The van der Waals surface area contributed by atoms with Crippen LogP contribution in [0.1, 0.15) is 51.5 Å². The van der Waals surface area contributed by atoms with Crippen LogP contribution in [0.4, 0.5) is 19.0 Å². The summed E-state index contributed by atoms with van der Waals surface area (Å²) in [6.07, 6.45) is -4.99. The smallest absolute Gasteiger partial charge is 0.410 e. The number of alkyl halides is 3. The molecule has 2 aromatic heterocycles. The van der Waals surface area contributed by atoms with Gasteiger partial charge in [-0.3, -0.25) is 9.48 Å². The van der Waals surface area contributed by atoms with Crippen LogP contribution in [-0.4, -0.2) is 45.9 Å². The van der Waals surface area contributed by atoms with Gasteiger partial charge in [0.1, 0.15) is 10.8 Å². The van der Waals surface area contributed by atoms with Crippen LogP contribution in [-0.2, 0) is 13.6 Å². The fourth-order valence-electron chi connectivity index (χ4n) is 4.35. The van der Waals surface area contributed by atoms with Gasteiger partial charge in [0.05, 0.1) is 26.0 Å². The molecule has 2 N–H and O–H groups in total. The van der Waals surface area contributed by atoms with E-state index in [4.69, 9.17) is 21.1 Å². The van der Waals surface area contributed by atoms with Crippen molar-refractivity contribution in [1.29, 1.82) is 0 Å². The maximum Gasteiger partial charge on any atom is 0.410 e. The number of carbonyl (C=O) groups is 1. The molecule has 9 nitrogen and oxygen atoms in total. The van der Waals surface area contributed by atoms with Gasteiger partial charge in [0.25, 0.3) is 5.91 Å². The van der Waals surface area contributed by atoms with E-state index in [9.17, 15) is 18.0 Å². The number of nitrogens with zero attached hydrogens (tertiary/aromatic N) is 4. The Morgan fingerprint density at radius 2 is 1.92 bits per heavy atom. The summed E-state index contributed by atoms with van der Waals surface area (Å²) < 4.78 is 55.2. The van der Waals surface area contributed by atoms with Crippen molar-refractivity contribution < 1.29 is 27.4 Å². The lowest BCUT2D eigenvalue weighted by Crippen LogP contribution is -2.36. The number of aromatic nitrogens is 4. The summed E-state index contributed by atoms with van der Waals surface area (Å²) >= 11 is 6.42. The van der Waals surface area contributed by atoms with E-state index in [-0.39, 0.29) is 29.5 Å². The third-order valence-corrected chi connectivity index (χ3v) is 6.76. The van der Waals surface area contributed by atoms with E-state index < -0.39 is 24.2 Å². The van der Waals surface area contributed by atoms with E-state index in [0.717, 1.165) is 21.6 Å². The van der Waals surface area contributed by atoms with Crippen molar-refractivity contribution in [3.63, 3.8) is 0 Å². The summed E-state index contributed by atoms with van der Waals surface area (Å²) in [5.74, 6) is 0.0657. The highest BCUT2D eigenvalue weighted by Gasteiger charge is 2.48. The van der Waals surface area contributed by atoms with Crippen molar-refractivity contribution in [2.75, 3.05) is 19.5 Å². The predicted molar refractivity (Wildman–Crippen MR) is 127 cm³/mol. The molecule has 0 aliphatic carbocycles. The highest BCUT2D eigenvalue weighted by Crippen LogP contribution is 2.47. The van der Waals surface area contributed by atoms with Gasteiger partial charge in [0, 0.05) is 31.3 Å². The number of fused-ring (bicyclic) bond motifs is 1. The Balaban J connectivity index is 1.65. The minimum Gasteiger partial charge on any atom is -0.493 e. The van der Waals surface area contributed by atoms with Gasteiger partial charge in [-0.05, 0) is 31.5 Å². The van der Waals surface area contributed by atoms with Gasteiger partial charge >= 0.3 is 6.18 Å². The normalized spacial score (nSPS) is 17.4. The third-order valence-electron chi connectivity index (χ3n) is 6.41. The second-order valence-electron chi connectivity index (χ2n) is 8.52.